The Bertz CT molecular complexity index is 276. The number of benzene rings is 1. The van der Waals surface area contributed by atoms with Gasteiger partial charge in [0.15, 0.2) is 0 Å². The molecule has 0 N–H and O–H groups in total. The average molecular weight is 513 g/mol. The first-order valence-electron chi connectivity index (χ1n) is 3.86. The predicted octanol–water partition coefficient (Wildman–Crippen LogP) is 3.86. The van der Waals surface area contributed by atoms with E-state index in [1.807, 2.05) is 0 Å². The molecule has 0 heterocycles. The van der Waals surface area contributed by atoms with Crippen molar-refractivity contribution in [3.8, 4) is 0 Å². The maximum absolute atomic E-state index is 10.4. The topological polar surface area (TPSA) is 19.9 Å². The third-order valence-electron chi connectivity index (χ3n) is 1.68. The average Bonchev–Trinajstić information content (AvgIpc) is 2.02. The minimum absolute atomic E-state index is 0.0259. The quantitative estimate of drug-likeness (QED) is 0.548. The molecule has 0 bridgehead atoms. The van der Waals surface area contributed by atoms with Gasteiger partial charge in [0.25, 0.3) is 0 Å². The highest BCUT2D eigenvalue weighted by molar-refractivity contribution is 14.1. The fraction of sp³-hybridized carbons (Fsp3) is 0.333. The molecule has 4 heteroatoms. The van der Waals surface area contributed by atoms with E-state index in [-0.39, 0.29) is 6.61 Å². The van der Waals surface area contributed by atoms with Gasteiger partial charge < -0.3 is 0 Å². The maximum Gasteiger partial charge on any atom is 0.0825 e. The van der Waals surface area contributed by atoms with Gasteiger partial charge in [0.2, 0.25) is 0 Å². The van der Waals surface area contributed by atoms with E-state index >= 15 is 0 Å². The smallest absolute Gasteiger partial charge is 0.0825 e. The third-order valence-corrected chi connectivity index (χ3v) is 4.22. The van der Waals surface area contributed by atoms with E-state index in [4.69, 9.17) is 0 Å². The first-order valence-corrected chi connectivity index (χ1v) is 7.10. The largest absolute Gasteiger partial charge is 0.237 e. The lowest BCUT2D eigenvalue weighted by Crippen LogP contribution is -1.96. The lowest BCUT2D eigenvalue weighted by atomic mass is 10.1. The number of rotatable bonds is 3. The van der Waals surface area contributed by atoms with Crippen LogP contribution in [-0.2, 0) is 11.5 Å². The van der Waals surface area contributed by atoms with Gasteiger partial charge in [0, 0.05) is 10.7 Å². The van der Waals surface area contributed by atoms with Crippen LogP contribution in [0.1, 0.15) is 12.0 Å². The molecule has 1 nitrogen and oxygen atoms in total. The van der Waals surface area contributed by atoms with Gasteiger partial charge in [0.1, 0.15) is 0 Å². The molecular formula is C9H8I3O. The van der Waals surface area contributed by atoms with E-state index in [1.54, 1.807) is 0 Å². The molecule has 71 valence electrons. The van der Waals surface area contributed by atoms with Gasteiger partial charge in [0.05, 0.1) is 6.61 Å². The zero-order valence-electron chi connectivity index (χ0n) is 6.82. The van der Waals surface area contributed by atoms with E-state index in [9.17, 15) is 5.11 Å². The molecular weight excluding hydrogens is 505 g/mol. The standard InChI is InChI=1S/C9H8I3O/c10-6-4-8(11)7(2-1-3-13)9(12)5-6/h4-5H,1-3H2. The van der Waals surface area contributed by atoms with Crippen molar-refractivity contribution in [1.29, 1.82) is 0 Å². The Morgan fingerprint density at radius 3 is 2.08 bits per heavy atom. The van der Waals surface area contributed by atoms with E-state index < -0.39 is 0 Å². The summed E-state index contributed by atoms with van der Waals surface area (Å²) in [6, 6.07) is 4.31. The van der Waals surface area contributed by atoms with Crippen molar-refractivity contribution in [1.82, 2.24) is 0 Å². The van der Waals surface area contributed by atoms with E-state index in [0.29, 0.717) is 0 Å². The maximum atomic E-state index is 10.4. The molecule has 0 unspecified atom stereocenters. The van der Waals surface area contributed by atoms with Crippen LogP contribution in [0.3, 0.4) is 0 Å². The highest BCUT2D eigenvalue weighted by Crippen LogP contribution is 2.23. The van der Waals surface area contributed by atoms with Crippen LogP contribution in [-0.4, -0.2) is 6.61 Å². The number of hydrogen-bond donors (Lipinski definition) is 0. The fourth-order valence-electron chi connectivity index (χ4n) is 1.06. The highest BCUT2D eigenvalue weighted by atomic mass is 127. The summed E-state index contributed by atoms with van der Waals surface area (Å²) in [5.41, 5.74) is 1.33. The van der Waals surface area contributed by atoms with Crippen molar-refractivity contribution in [2.24, 2.45) is 0 Å². The van der Waals surface area contributed by atoms with Gasteiger partial charge in [-0.05, 0) is 98.3 Å². The molecule has 1 aromatic rings. The molecule has 0 saturated heterocycles. The second kappa shape index (κ2) is 6.06. The summed E-state index contributed by atoms with van der Waals surface area (Å²) in [5, 5.41) is 10.4. The molecule has 0 amide bonds. The molecule has 0 fully saturated rings. The van der Waals surface area contributed by atoms with Gasteiger partial charge in [-0.25, -0.2) is 5.11 Å². The minimum atomic E-state index is 0.0259. The molecule has 0 aliphatic heterocycles. The van der Waals surface area contributed by atoms with Gasteiger partial charge in [-0.1, -0.05) is 0 Å². The summed E-state index contributed by atoms with van der Waals surface area (Å²) in [6.07, 6.45) is 1.66. The zero-order chi connectivity index (χ0) is 9.84. The van der Waals surface area contributed by atoms with Gasteiger partial charge in [-0.3, -0.25) is 0 Å². The van der Waals surface area contributed by atoms with Crippen LogP contribution < -0.4 is 0 Å². The third kappa shape index (κ3) is 3.78. The molecule has 13 heavy (non-hydrogen) atoms. The van der Waals surface area contributed by atoms with E-state index in [1.165, 1.54) is 16.3 Å². The molecule has 1 aromatic carbocycles. The van der Waals surface area contributed by atoms with Crippen LogP contribution in [0.5, 0.6) is 0 Å². The van der Waals surface area contributed by atoms with Gasteiger partial charge in [-0.15, -0.1) is 0 Å². The first kappa shape index (κ1) is 12.4. The summed E-state index contributed by atoms with van der Waals surface area (Å²) in [5.74, 6) is 0. The van der Waals surface area contributed by atoms with Crippen LogP contribution >= 0.6 is 67.8 Å². The van der Waals surface area contributed by atoms with Crippen molar-refractivity contribution in [2.75, 3.05) is 6.61 Å². The Balaban J connectivity index is 2.92. The minimum Gasteiger partial charge on any atom is -0.237 e. The van der Waals surface area contributed by atoms with Crippen molar-refractivity contribution in [2.45, 2.75) is 12.8 Å². The van der Waals surface area contributed by atoms with Crippen LogP contribution in [0, 0.1) is 10.7 Å². The Morgan fingerprint density at radius 1 is 1.08 bits per heavy atom. The van der Waals surface area contributed by atoms with Crippen molar-refractivity contribution in [3.05, 3.63) is 28.4 Å². The summed E-state index contributed by atoms with van der Waals surface area (Å²) in [4.78, 5) is 0. The van der Waals surface area contributed by atoms with E-state index in [2.05, 4.69) is 79.9 Å². The molecule has 0 saturated carbocycles. The first-order chi connectivity index (χ1) is 6.15. The SMILES string of the molecule is [O]CCCc1c(I)cc(I)cc1I. The molecule has 0 spiro atoms. The Labute approximate surface area is 119 Å². The molecule has 0 atom stereocenters. The van der Waals surface area contributed by atoms with E-state index in [0.717, 1.165) is 12.8 Å². The fourth-order valence-corrected chi connectivity index (χ4v) is 5.18. The lowest BCUT2D eigenvalue weighted by Gasteiger charge is -2.06. The predicted molar refractivity (Wildman–Crippen MR) is 78.5 cm³/mol. The molecule has 0 aliphatic rings. The Kier molecular flexibility index (Phi) is 5.80. The number of hydrogen-bond acceptors (Lipinski definition) is 0. The Hall–Kier alpha value is 1.37. The molecule has 0 aliphatic carbocycles. The summed E-state index contributed by atoms with van der Waals surface area (Å²) in [6.45, 7) is 0.0259. The lowest BCUT2D eigenvalue weighted by molar-refractivity contribution is 0.189. The molecule has 0 aromatic heterocycles. The highest BCUT2D eigenvalue weighted by Gasteiger charge is 2.05. The second-order valence-electron chi connectivity index (χ2n) is 2.66. The molecule has 1 radical (unpaired) electrons. The molecule has 1 rings (SSSR count). The normalized spacial score (nSPS) is 10.5. The van der Waals surface area contributed by atoms with Gasteiger partial charge >= 0.3 is 0 Å². The second-order valence-corrected chi connectivity index (χ2v) is 6.23. The summed E-state index contributed by atoms with van der Waals surface area (Å²) < 4.78 is 3.82. The number of halogens is 3. The monoisotopic (exact) mass is 513 g/mol. The van der Waals surface area contributed by atoms with Crippen LogP contribution in [0.15, 0.2) is 12.1 Å². The van der Waals surface area contributed by atoms with Gasteiger partial charge in [-0.2, -0.15) is 0 Å². The van der Waals surface area contributed by atoms with Crippen LogP contribution in [0.2, 0.25) is 0 Å². The van der Waals surface area contributed by atoms with Crippen molar-refractivity contribution < 1.29 is 5.11 Å². The zero-order valence-corrected chi connectivity index (χ0v) is 13.3. The van der Waals surface area contributed by atoms with Crippen LogP contribution in [0.25, 0.3) is 0 Å². The Morgan fingerprint density at radius 2 is 1.62 bits per heavy atom. The summed E-state index contributed by atoms with van der Waals surface area (Å²) >= 11 is 6.99. The summed E-state index contributed by atoms with van der Waals surface area (Å²) in [7, 11) is 0. The van der Waals surface area contributed by atoms with Crippen molar-refractivity contribution >= 4 is 67.8 Å². The van der Waals surface area contributed by atoms with Crippen LogP contribution in [0.4, 0.5) is 0 Å². The van der Waals surface area contributed by atoms with Crippen molar-refractivity contribution in [3.63, 3.8) is 0 Å².